The van der Waals surface area contributed by atoms with Gasteiger partial charge in [0.15, 0.2) is 0 Å². The molecule has 1 aromatic rings. The van der Waals surface area contributed by atoms with Crippen molar-refractivity contribution in [2.45, 2.75) is 13.3 Å². The average Bonchev–Trinajstić information content (AvgIpc) is 2.47. The van der Waals surface area contributed by atoms with Crippen molar-refractivity contribution in [1.29, 1.82) is 0 Å². The van der Waals surface area contributed by atoms with Gasteiger partial charge in [-0.05, 0) is 36.9 Å². The van der Waals surface area contributed by atoms with Crippen LogP contribution in [-0.2, 0) is 4.74 Å². The quantitative estimate of drug-likeness (QED) is 0.832. The molecule has 0 aromatic carbocycles. The highest BCUT2D eigenvalue weighted by molar-refractivity contribution is 5.89. The zero-order chi connectivity index (χ0) is 13.8. The summed E-state index contributed by atoms with van der Waals surface area (Å²) in [6, 6.07) is 3.62. The first-order chi connectivity index (χ1) is 9.15. The lowest BCUT2D eigenvalue weighted by atomic mass is 9.87. The molecule has 2 N–H and O–H groups in total. The second kappa shape index (κ2) is 6.02. The van der Waals surface area contributed by atoms with Gasteiger partial charge < -0.3 is 15.4 Å². The van der Waals surface area contributed by atoms with Gasteiger partial charge in [0.05, 0.1) is 12.7 Å². The summed E-state index contributed by atoms with van der Waals surface area (Å²) in [7, 11) is 1.37. The summed E-state index contributed by atoms with van der Waals surface area (Å²) in [4.78, 5) is 17.9. The third-order valence-corrected chi connectivity index (χ3v) is 3.91. The molecule has 0 spiro atoms. The first-order valence-electron chi connectivity index (χ1n) is 6.65. The molecule has 104 valence electrons. The predicted octanol–water partition coefficient (Wildman–Crippen LogP) is 1.29. The lowest BCUT2D eigenvalue weighted by Gasteiger charge is -2.37. The predicted molar refractivity (Wildman–Crippen MR) is 74.1 cm³/mol. The molecule has 0 saturated carbocycles. The van der Waals surface area contributed by atoms with Crippen LogP contribution in [0, 0.1) is 11.8 Å². The first kappa shape index (κ1) is 13.8. The number of aromatic nitrogens is 1. The molecular weight excluding hydrogens is 242 g/mol. The summed E-state index contributed by atoms with van der Waals surface area (Å²) in [5.41, 5.74) is 6.29. The fourth-order valence-electron chi connectivity index (χ4n) is 2.48. The number of piperidine rings is 1. The number of hydrogen-bond donors (Lipinski definition) is 1. The smallest absolute Gasteiger partial charge is 0.339 e. The van der Waals surface area contributed by atoms with E-state index in [0.717, 1.165) is 25.3 Å². The molecular formula is C14H21N3O2. The van der Waals surface area contributed by atoms with E-state index >= 15 is 0 Å². The molecule has 1 aromatic heterocycles. The molecule has 1 aliphatic heterocycles. The van der Waals surface area contributed by atoms with E-state index < -0.39 is 0 Å². The first-order valence-corrected chi connectivity index (χ1v) is 6.65. The SMILES string of the molecule is COC(=O)c1ccc(N2CCC(C)C(CN)C2)nc1. The summed E-state index contributed by atoms with van der Waals surface area (Å²) in [5.74, 6) is 1.72. The second-order valence-corrected chi connectivity index (χ2v) is 5.10. The highest BCUT2D eigenvalue weighted by atomic mass is 16.5. The van der Waals surface area contributed by atoms with E-state index in [1.54, 1.807) is 12.3 Å². The summed E-state index contributed by atoms with van der Waals surface area (Å²) in [6.07, 6.45) is 2.69. The Hall–Kier alpha value is -1.62. The Bertz CT molecular complexity index is 433. The molecule has 0 amide bonds. The molecule has 0 aliphatic carbocycles. The van der Waals surface area contributed by atoms with Gasteiger partial charge in [-0.25, -0.2) is 9.78 Å². The van der Waals surface area contributed by atoms with Crippen LogP contribution >= 0.6 is 0 Å². The summed E-state index contributed by atoms with van der Waals surface area (Å²) in [5, 5.41) is 0. The molecule has 2 atom stereocenters. The molecule has 5 heteroatoms. The normalized spacial score (nSPS) is 23.2. The fourth-order valence-corrected chi connectivity index (χ4v) is 2.48. The summed E-state index contributed by atoms with van der Waals surface area (Å²) >= 11 is 0. The number of hydrogen-bond acceptors (Lipinski definition) is 5. The van der Waals surface area contributed by atoms with Crippen LogP contribution in [-0.4, -0.2) is 37.7 Å². The Morgan fingerprint density at radius 2 is 2.37 bits per heavy atom. The Morgan fingerprint density at radius 3 is 2.95 bits per heavy atom. The van der Waals surface area contributed by atoms with Crippen LogP contribution < -0.4 is 10.6 Å². The largest absolute Gasteiger partial charge is 0.465 e. The van der Waals surface area contributed by atoms with Crippen molar-refractivity contribution in [2.24, 2.45) is 17.6 Å². The molecule has 19 heavy (non-hydrogen) atoms. The minimum Gasteiger partial charge on any atom is -0.465 e. The number of rotatable bonds is 3. The zero-order valence-electron chi connectivity index (χ0n) is 11.5. The van der Waals surface area contributed by atoms with Gasteiger partial charge >= 0.3 is 5.97 Å². The van der Waals surface area contributed by atoms with E-state index in [0.29, 0.717) is 23.9 Å². The number of anilines is 1. The molecule has 1 saturated heterocycles. The van der Waals surface area contributed by atoms with Crippen LogP contribution in [0.15, 0.2) is 18.3 Å². The Morgan fingerprint density at radius 1 is 1.58 bits per heavy atom. The minimum absolute atomic E-state index is 0.355. The number of carbonyl (C=O) groups is 1. The van der Waals surface area contributed by atoms with Crippen molar-refractivity contribution in [3.05, 3.63) is 23.9 Å². The van der Waals surface area contributed by atoms with Crippen molar-refractivity contribution in [2.75, 3.05) is 31.6 Å². The Kier molecular flexibility index (Phi) is 4.37. The number of carbonyl (C=O) groups excluding carboxylic acids is 1. The van der Waals surface area contributed by atoms with E-state index in [1.165, 1.54) is 7.11 Å². The van der Waals surface area contributed by atoms with Gasteiger partial charge in [0, 0.05) is 19.3 Å². The van der Waals surface area contributed by atoms with Crippen LogP contribution in [0.1, 0.15) is 23.7 Å². The molecule has 2 heterocycles. The third kappa shape index (κ3) is 3.04. The summed E-state index contributed by atoms with van der Waals surface area (Å²) in [6.45, 7) is 4.88. The maximum absolute atomic E-state index is 11.4. The molecule has 1 aliphatic rings. The third-order valence-electron chi connectivity index (χ3n) is 3.91. The van der Waals surface area contributed by atoms with Crippen LogP contribution in [0.4, 0.5) is 5.82 Å². The molecule has 5 nitrogen and oxygen atoms in total. The van der Waals surface area contributed by atoms with E-state index in [-0.39, 0.29) is 5.97 Å². The standard InChI is InChI=1S/C14H21N3O2/c1-10-5-6-17(9-12(10)7-15)13-4-3-11(8-16-13)14(18)19-2/h3-4,8,10,12H,5-7,9,15H2,1-2H3. The van der Waals surface area contributed by atoms with Gasteiger partial charge in [-0.1, -0.05) is 6.92 Å². The number of nitrogens with zero attached hydrogens (tertiary/aromatic N) is 2. The number of esters is 1. The van der Waals surface area contributed by atoms with E-state index in [2.05, 4.69) is 21.5 Å². The van der Waals surface area contributed by atoms with Crippen LogP contribution in [0.2, 0.25) is 0 Å². The van der Waals surface area contributed by atoms with Crippen LogP contribution in [0.25, 0.3) is 0 Å². The number of nitrogens with two attached hydrogens (primary N) is 1. The number of methoxy groups -OCH3 is 1. The Balaban J connectivity index is 2.08. The van der Waals surface area contributed by atoms with Gasteiger partial charge in [0.1, 0.15) is 5.82 Å². The van der Waals surface area contributed by atoms with Gasteiger partial charge in [-0.15, -0.1) is 0 Å². The van der Waals surface area contributed by atoms with Crippen LogP contribution in [0.5, 0.6) is 0 Å². The molecule has 2 unspecified atom stereocenters. The molecule has 0 bridgehead atoms. The maximum Gasteiger partial charge on any atom is 0.339 e. The molecule has 0 radical (unpaired) electrons. The van der Waals surface area contributed by atoms with E-state index in [9.17, 15) is 4.79 Å². The van der Waals surface area contributed by atoms with Crippen molar-refractivity contribution >= 4 is 11.8 Å². The maximum atomic E-state index is 11.4. The lowest BCUT2D eigenvalue weighted by molar-refractivity contribution is 0.0600. The highest BCUT2D eigenvalue weighted by Crippen LogP contribution is 2.25. The van der Waals surface area contributed by atoms with Gasteiger partial charge in [0.25, 0.3) is 0 Å². The second-order valence-electron chi connectivity index (χ2n) is 5.10. The molecule has 1 fully saturated rings. The number of pyridine rings is 1. The Labute approximate surface area is 113 Å². The van der Waals surface area contributed by atoms with Crippen molar-refractivity contribution in [3.8, 4) is 0 Å². The van der Waals surface area contributed by atoms with Crippen molar-refractivity contribution in [3.63, 3.8) is 0 Å². The zero-order valence-corrected chi connectivity index (χ0v) is 11.5. The fraction of sp³-hybridized carbons (Fsp3) is 0.571. The van der Waals surface area contributed by atoms with Gasteiger partial charge in [0.2, 0.25) is 0 Å². The van der Waals surface area contributed by atoms with Crippen molar-refractivity contribution < 1.29 is 9.53 Å². The van der Waals surface area contributed by atoms with E-state index in [1.807, 2.05) is 6.07 Å². The monoisotopic (exact) mass is 263 g/mol. The average molecular weight is 263 g/mol. The summed E-state index contributed by atoms with van der Waals surface area (Å²) < 4.78 is 4.66. The van der Waals surface area contributed by atoms with Crippen LogP contribution in [0.3, 0.4) is 0 Å². The topological polar surface area (TPSA) is 68.5 Å². The number of ether oxygens (including phenoxy) is 1. The van der Waals surface area contributed by atoms with Gasteiger partial charge in [-0.3, -0.25) is 0 Å². The van der Waals surface area contributed by atoms with Gasteiger partial charge in [-0.2, -0.15) is 0 Å². The lowest BCUT2D eigenvalue weighted by Crippen LogP contribution is -2.43. The molecule has 2 rings (SSSR count). The van der Waals surface area contributed by atoms with Crippen molar-refractivity contribution in [1.82, 2.24) is 4.98 Å². The minimum atomic E-state index is -0.355. The highest BCUT2D eigenvalue weighted by Gasteiger charge is 2.25. The van der Waals surface area contributed by atoms with E-state index in [4.69, 9.17) is 5.73 Å².